The van der Waals surface area contributed by atoms with E-state index < -0.39 is 18.4 Å². The summed E-state index contributed by atoms with van der Waals surface area (Å²) in [4.78, 5) is 0. The molecular weight excluding hydrogens is 222 g/mol. The van der Waals surface area contributed by atoms with Gasteiger partial charge in [0, 0.05) is 6.54 Å². The lowest BCUT2D eigenvalue weighted by Gasteiger charge is -2.09. The van der Waals surface area contributed by atoms with Gasteiger partial charge in [-0.25, -0.2) is 0 Å². The van der Waals surface area contributed by atoms with Gasteiger partial charge in [0.1, 0.15) is 0 Å². The summed E-state index contributed by atoms with van der Waals surface area (Å²) in [6, 6.07) is 5.11. The molecular formula is C11H13F4N. The summed E-state index contributed by atoms with van der Waals surface area (Å²) in [5.41, 5.74) is -0.106. The Kier molecular flexibility index (Phi) is 4.73. The van der Waals surface area contributed by atoms with Crippen molar-refractivity contribution < 1.29 is 17.6 Å². The van der Waals surface area contributed by atoms with Gasteiger partial charge in [0.2, 0.25) is 0 Å². The van der Waals surface area contributed by atoms with E-state index in [-0.39, 0.29) is 0 Å². The first-order chi connectivity index (χ1) is 7.54. The van der Waals surface area contributed by atoms with Crippen LogP contribution in [0.5, 0.6) is 0 Å². The molecule has 0 atom stereocenters. The molecule has 0 spiro atoms. The SMILES string of the molecule is FCCCNCc1cccc(C(F)(F)F)c1. The van der Waals surface area contributed by atoms with Crippen LogP contribution in [-0.2, 0) is 12.7 Å². The monoisotopic (exact) mass is 235 g/mol. The molecule has 1 nitrogen and oxygen atoms in total. The summed E-state index contributed by atoms with van der Waals surface area (Å²) in [5, 5.41) is 2.87. The van der Waals surface area contributed by atoms with Gasteiger partial charge in [-0.1, -0.05) is 18.2 Å². The second kappa shape index (κ2) is 5.84. The van der Waals surface area contributed by atoms with E-state index in [9.17, 15) is 17.6 Å². The van der Waals surface area contributed by atoms with Crippen LogP contribution in [0.2, 0.25) is 0 Å². The van der Waals surface area contributed by atoms with E-state index >= 15 is 0 Å². The molecule has 1 N–H and O–H groups in total. The predicted molar refractivity (Wildman–Crippen MR) is 53.7 cm³/mol. The summed E-state index contributed by atoms with van der Waals surface area (Å²) >= 11 is 0. The molecule has 0 unspecified atom stereocenters. The highest BCUT2D eigenvalue weighted by Gasteiger charge is 2.30. The predicted octanol–water partition coefficient (Wildman–Crippen LogP) is 3.15. The van der Waals surface area contributed by atoms with Crippen LogP contribution in [0.25, 0.3) is 0 Å². The number of alkyl halides is 4. The quantitative estimate of drug-likeness (QED) is 0.610. The molecule has 0 saturated heterocycles. The van der Waals surface area contributed by atoms with Crippen molar-refractivity contribution in [3.8, 4) is 0 Å². The van der Waals surface area contributed by atoms with E-state index in [1.165, 1.54) is 6.07 Å². The first-order valence-electron chi connectivity index (χ1n) is 4.97. The van der Waals surface area contributed by atoms with Crippen LogP contribution in [0.15, 0.2) is 24.3 Å². The van der Waals surface area contributed by atoms with Crippen molar-refractivity contribution in [1.29, 1.82) is 0 Å². The smallest absolute Gasteiger partial charge is 0.313 e. The summed E-state index contributed by atoms with van der Waals surface area (Å²) in [6.45, 7) is 0.367. The number of nitrogens with one attached hydrogen (secondary N) is 1. The minimum Gasteiger partial charge on any atom is -0.313 e. The summed E-state index contributed by atoms with van der Waals surface area (Å²) < 4.78 is 48.8. The molecule has 5 heteroatoms. The van der Waals surface area contributed by atoms with Crippen molar-refractivity contribution in [2.45, 2.75) is 19.1 Å². The van der Waals surface area contributed by atoms with Gasteiger partial charge < -0.3 is 5.32 Å². The molecule has 0 aliphatic rings. The minimum atomic E-state index is -4.31. The van der Waals surface area contributed by atoms with E-state index in [4.69, 9.17) is 0 Å². The maximum absolute atomic E-state index is 12.3. The Morgan fingerprint density at radius 3 is 2.56 bits per heavy atom. The molecule has 1 aromatic carbocycles. The van der Waals surface area contributed by atoms with Crippen molar-refractivity contribution in [3.63, 3.8) is 0 Å². The van der Waals surface area contributed by atoms with Gasteiger partial charge in [0.15, 0.2) is 0 Å². The van der Waals surface area contributed by atoms with Crippen LogP contribution >= 0.6 is 0 Å². The Bertz CT molecular complexity index is 322. The third-order valence-corrected chi connectivity index (χ3v) is 2.07. The second-order valence-electron chi connectivity index (χ2n) is 3.42. The normalized spacial score (nSPS) is 11.8. The number of benzene rings is 1. The van der Waals surface area contributed by atoms with Gasteiger partial charge in [0.05, 0.1) is 12.2 Å². The zero-order valence-electron chi connectivity index (χ0n) is 8.65. The minimum absolute atomic E-state index is 0.323. The average Bonchev–Trinajstić information content (AvgIpc) is 2.24. The van der Waals surface area contributed by atoms with E-state index in [2.05, 4.69) is 5.32 Å². The number of rotatable bonds is 5. The van der Waals surface area contributed by atoms with E-state index in [1.807, 2.05) is 0 Å². The van der Waals surface area contributed by atoms with E-state index in [1.54, 1.807) is 6.07 Å². The van der Waals surface area contributed by atoms with Gasteiger partial charge in [0.25, 0.3) is 0 Å². The van der Waals surface area contributed by atoms with Crippen molar-refractivity contribution in [2.75, 3.05) is 13.2 Å². The molecule has 0 aromatic heterocycles. The number of halogens is 4. The molecule has 0 fully saturated rings. The van der Waals surface area contributed by atoms with E-state index in [0.717, 1.165) is 12.1 Å². The molecule has 0 aliphatic carbocycles. The Balaban J connectivity index is 2.54. The zero-order valence-corrected chi connectivity index (χ0v) is 8.65. The molecule has 0 amide bonds. The van der Waals surface area contributed by atoms with Gasteiger partial charge in [-0.2, -0.15) is 13.2 Å². The fourth-order valence-corrected chi connectivity index (χ4v) is 1.28. The van der Waals surface area contributed by atoms with Gasteiger partial charge in [-0.15, -0.1) is 0 Å². The van der Waals surface area contributed by atoms with Crippen LogP contribution in [0, 0.1) is 0 Å². The van der Waals surface area contributed by atoms with Crippen molar-refractivity contribution in [1.82, 2.24) is 5.32 Å². The maximum atomic E-state index is 12.3. The molecule has 90 valence electrons. The van der Waals surface area contributed by atoms with Gasteiger partial charge >= 0.3 is 6.18 Å². The van der Waals surface area contributed by atoms with Crippen LogP contribution in [0.4, 0.5) is 17.6 Å². The fraction of sp³-hybridized carbons (Fsp3) is 0.455. The van der Waals surface area contributed by atoms with Crippen molar-refractivity contribution in [3.05, 3.63) is 35.4 Å². The third kappa shape index (κ3) is 4.18. The van der Waals surface area contributed by atoms with Crippen LogP contribution < -0.4 is 5.32 Å². The molecule has 0 bridgehead atoms. The number of hydrogen-bond acceptors (Lipinski definition) is 1. The highest BCUT2D eigenvalue weighted by atomic mass is 19.4. The molecule has 1 rings (SSSR count). The second-order valence-corrected chi connectivity index (χ2v) is 3.42. The standard InChI is InChI=1S/C11H13F4N/c12-5-2-6-16-8-9-3-1-4-10(7-9)11(13,14)15/h1,3-4,7,16H,2,5-6,8H2. The molecule has 16 heavy (non-hydrogen) atoms. The third-order valence-electron chi connectivity index (χ3n) is 2.07. The lowest BCUT2D eigenvalue weighted by atomic mass is 10.1. The molecule has 0 radical (unpaired) electrons. The number of hydrogen-bond donors (Lipinski definition) is 1. The maximum Gasteiger partial charge on any atom is 0.416 e. The summed E-state index contributed by atoms with van der Waals surface area (Å²) in [5.74, 6) is 0. The fourth-order valence-electron chi connectivity index (χ4n) is 1.28. The molecule has 1 aromatic rings. The zero-order chi connectivity index (χ0) is 12.0. The summed E-state index contributed by atoms with van der Waals surface area (Å²) in [6.07, 6.45) is -3.94. The van der Waals surface area contributed by atoms with E-state index in [0.29, 0.717) is 25.1 Å². The van der Waals surface area contributed by atoms with Crippen LogP contribution in [0.1, 0.15) is 17.5 Å². The van der Waals surface area contributed by atoms with Gasteiger partial charge in [-0.05, 0) is 24.6 Å². The topological polar surface area (TPSA) is 12.0 Å². The Morgan fingerprint density at radius 1 is 1.19 bits per heavy atom. The van der Waals surface area contributed by atoms with Crippen LogP contribution in [-0.4, -0.2) is 13.2 Å². The van der Waals surface area contributed by atoms with Gasteiger partial charge in [-0.3, -0.25) is 4.39 Å². The Hall–Kier alpha value is -1.10. The summed E-state index contributed by atoms with van der Waals surface area (Å²) in [7, 11) is 0. The first-order valence-corrected chi connectivity index (χ1v) is 4.97. The molecule has 0 saturated carbocycles. The Morgan fingerprint density at radius 2 is 1.94 bits per heavy atom. The van der Waals surface area contributed by atoms with Crippen molar-refractivity contribution in [2.24, 2.45) is 0 Å². The highest BCUT2D eigenvalue weighted by molar-refractivity contribution is 5.25. The molecule has 0 aliphatic heterocycles. The van der Waals surface area contributed by atoms with Crippen LogP contribution in [0.3, 0.4) is 0 Å². The lowest BCUT2D eigenvalue weighted by Crippen LogP contribution is -2.15. The average molecular weight is 235 g/mol. The lowest BCUT2D eigenvalue weighted by molar-refractivity contribution is -0.137. The largest absolute Gasteiger partial charge is 0.416 e. The highest BCUT2D eigenvalue weighted by Crippen LogP contribution is 2.29. The van der Waals surface area contributed by atoms with Crippen molar-refractivity contribution >= 4 is 0 Å². The Labute approximate surface area is 91.5 Å². The molecule has 0 heterocycles. The first kappa shape index (κ1) is 13.0.